The van der Waals surface area contributed by atoms with Crippen molar-refractivity contribution in [1.82, 2.24) is 0 Å². The van der Waals surface area contributed by atoms with Gasteiger partial charge in [-0.1, -0.05) is 30.3 Å². The molecule has 0 heterocycles. The third kappa shape index (κ3) is 1.99. The molecule has 1 aromatic rings. The smallest absolute Gasteiger partial charge is 0.142 e. The topological polar surface area (TPSA) is 26.3 Å². The van der Waals surface area contributed by atoms with Crippen LogP contribution in [0, 0.1) is 11.3 Å². The Morgan fingerprint density at radius 3 is 2.78 bits per heavy atom. The van der Waals surface area contributed by atoms with Gasteiger partial charge in [0.15, 0.2) is 0 Å². The first-order valence-electron chi connectivity index (χ1n) is 6.93. The van der Waals surface area contributed by atoms with Gasteiger partial charge in [-0.2, -0.15) is 0 Å². The Bertz CT molecular complexity index is 440. The summed E-state index contributed by atoms with van der Waals surface area (Å²) in [6, 6.07) is 10.4. The molecule has 0 aromatic heterocycles. The summed E-state index contributed by atoms with van der Waals surface area (Å²) in [4.78, 5) is 12.4. The maximum Gasteiger partial charge on any atom is 0.142 e. The Hall–Kier alpha value is -1.15. The predicted molar refractivity (Wildman–Crippen MR) is 70.3 cm³/mol. The molecule has 3 atom stereocenters. The van der Waals surface area contributed by atoms with Crippen LogP contribution in [0.15, 0.2) is 30.3 Å². The van der Waals surface area contributed by atoms with Crippen molar-refractivity contribution in [1.29, 1.82) is 0 Å². The highest BCUT2D eigenvalue weighted by Gasteiger charge is 2.61. The van der Waals surface area contributed by atoms with Crippen LogP contribution in [-0.4, -0.2) is 18.5 Å². The highest BCUT2D eigenvalue weighted by Crippen LogP contribution is 2.61. The summed E-state index contributed by atoms with van der Waals surface area (Å²) in [5, 5.41) is 0. The SMILES string of the molecule is CCO[C@H]1CC(=O)[C@@]2(Cc3ccccc3)C[C@H]2C1. The first-order valence-corrected chi connectivity index (χ1v) is 6.93. The molecule has 18 heavy (non-hydrogen) atoms. The molecule has 0 aliphatic heterocycles. The standard InChI is InChI=1S/C16H20O2/c1-2-18-14-8-13-11-16(13,15(17)9-14)10-12-6-4-3-5-7-12/h3-7,13-14H,2,8-11H2,1H3/t13-,14-,16+/m1/s1. The molecular weight excluding hydrogens is 224 g/mol. The van der Waals surface area contributed by atoms with E-state index in [1.807, 2.05) is 13.0 Å². The fourth-order valence-electron chi connectivity index (χ4n) is 3.48. The molecule has 2 nitrogen and oxygen atoms in total. The lowest BCUT2D eigenvalue weighted by atomic mass is 9.81. The van der Waals surface area contributed by atoms with E-state index in [0.29, 0.717) is 18.1 Å². The molecule has 0 bridgehead atoms. The molecular formula is C16H20O2. The molecule has 0 unspecified atom stereocenters. The molecule has 2 aliphatic rings. The van der Waals surface area contributed by atoms with E-state index >= 15 is 0 Å². The summed E-state index contributed by atoms with van der Waals surface area (Å²) < 4.78 is 5.62. The minimum absolute atomic E-state index is 0.0328. The van der Waals surface area contributed by atoms with Crippen molar-refractivity contribution < 1.29 is 9.53 Å². The molecule has 3 rings (SSSR count). The molecule has 0 saturated heterocycles. The third-order valence-electron chi connectivity index (χ3n) is 4.51. The lowest BCUT2D eigenvalue weighted by Gasteiger charge is -2.27. The molecule has 2 aliphatic carbocycles. The van der Waals surface area contributed by atoms with Crippen LogP contribution in [0.1, 0.15) is 31.7 Å². The molecule has 2 fully saturated rings. The number of fused-ring (bicyclic) bond motifs is 1. The summed E-state index contributed by atoms with van der Waals surface area (Å²) in [6.45, 7) is 2.72. The van der Waals surface area contributed by atoms with Crippen molar-refractivity contribution in [3.8, 4) is 0 Å². The number of carbonyl (C=O) groups is 1. The number of ketones is 1. The Labute approximate surface area is 108 Å². The van der Waals surface area contributed by atoms with Crippen LogP contribution < -0.4 is 0 Å². The largest absolute Gasteiger partial charge is 0.378 e. The maximum atomic E-state index is 12.4. The van der Waals surface area contributed by atoms with E-state index in [0.717, 1.165) is 25.9 Å². The molecule has 0 amide bonds. The molecule has 96 valence electrons. The van der Waals surface area contributed by atoms with Crippen molar-refractivity contribution in [2.24, 2.45) is 11.3 Å². The monoisotopic (exact) mass is 244 g/mol. The van der Waals surface area contributed by atoms with E-state index in [1.54, 1.807) is 0 Å². The number of hydrogen-bond donors (Lipinski definition) is 0. The highest BCUT2D eigenvalue weighted by atomic mass is 16.5. The third-order valence-corrected chi connectivity index (χ3v) is 4.51. The van der Waals surface area contributed by atoms with Gasteiger partial charge in [-0.15, -0.1) is 0 Å². The normalized spacial score (nSPS) is 34.2. The van der Waals surface area contributed by atoms with Gasteiger partial charge in [0.2, 0.25) is 0 Å². The number of ether oxygens (including phenoxy) is 1. The van der Waals surface area contributed by atoms with Crippen LogP contribution in [0.25, 0.3) is 0 Å². The van der Waals surface area contributed by atoms with Gasteiger partial charge < -0.3 is 4.74 Å². The van der Waals surface area contributed by atoms with Gasteiger partial charge in [0, 0.05) is 18.4 Å². The van der Waals surface area contributed by atoms with Crippen LogP contribution in [0.4, 0.5) is 0 Å². The quantitative estimate of drug-likeness (QED) is 0.814. The lowest BCUT2D eigenvalue weighted by molar-refractivity contribution is -0.130. The molecule has 1 aromatic carbocycles. The second-order valence-electron chi connectivity index (χ2n) is 5.66. The van der Waals surface area contributed by atoms with Crippen LogP contribution in [0.2, 0.25) is 0 Å². The summed E-state index contributed by atoms with van der Waals surface area (Å²) >= 11 is 0. The van der Waals surface area contributed by atoms with E-state index < -0.39 is 0 Å². The van der Waals surface area contributed by atoms with Crippen LogP contribution in [0.3, 0.4) is 0 Å². The Kier molecular flexibility index (Phi) is 2.98. The van der Waals surface area contributed by atoms with Gasteiger partial charge in [0.05, 0.1) is 6.10 Å². The van der Waals surface area contributed by atoms with E-state index in [1.165, 1.54) is 5.56 Å². The van der Waals surface area contributed by atoms with Crippen molar-refractivity contribution >= 4 is 5.78 Å². The average molecular weight is 244 g/mol. The molecule has 2 saturated carbocycles. The van der Waals surface area contributed by atoms with Gasteiger partial charge in [-0.05, 0) is 37.7 Å². The summed E-state index contributed by atoms with van der Waals surface area (Å²) in [7, 11) is 0. The zero-order valence-electron chi connectivity index (χ0n) is 10.9. The molecule has 0 N–H and O–H groups in total. The highest BCUT2D eigenvalue weighted by molar-refractivity contribution is 5.89. The fraction of sp³-hybridized carbons (Fsp3) is 0.562. The second kappa shape index (κ2) is 4.51. The first-order chi connectivity index (χ1) is 8.74. The second-order valence-corrected chi connectivity index (χ2v) is 5.66. The van der Waals surface area contributed by atoms with Gasteiger partial charge in [0.25, 0.3) is 0 Å². The summed E-state index contributed by atoms with van der Waals surface area (Å²) in [6.07, 6.45) is 3.88. The van der Waals surface area contributed by atoms with Crippen molar-refractivity contribution in [3.63, 3.8) is 0 Å². The number of Topliss-reactive ketones (excluding diaryl/α,β-unsaturated/α-hetero) is 1. The zero-order valence-corrected chi connectivity index (χ0v) is 10.9. The number of carbonyl (C=O) groups excluding carboxylic acids is 1. The minimum Gasteiger partial charge on any atom is -0.378 e. The lowest BCUT2D eigenvalue weighted by Crippen LogP contribution is -2.33. The fourth-order valence-corrected chi connectivity index (χ4v) is 3.48. The van der Waals surface area contributed by atoms with Gasteiger partial charge in [0.1, 0.15) is 5.78 Å². The molecule has 2 heteroatoms. The predicted octanol–water partition coefficient (Wildman–Crippen LogP) is 3.00. The Morgan fingerprint density at radius 1 is 1.33 bits per heavy atom. The number of benzene rings is 1. The van der Waals surface area contributed by atoms with Gasteiger partial charge in [-0.3, -0.25) is 4.79 Å². The molecule has 0 radical (unpaired) electrons. The number of rotatable bonds is 4. The van der Waals surface area contributed by atoms with E-state index in [-0.39, 0.29) is 11.5 Å². The van der Waals surface area contributed by atoms with Crippen molar-refractivity contribution in [2.75, 3.05) is 6.61 Å². The van der Waals surface area contributed by atoms with Gasteiger partial charge in [-0.25, -0.2) is 0 Å². The first kappa shape index (κ1) is 11.9. The summed E-state index contributed by atoms with van der Waals surface area (Å²) in [5.41, 5.74) is 1.26. The minimum atomic E-state index is -0.0328. The van der Waals surface area contributed by atoms with Crippen LogP contribution in [-0.2, 0) is 16.0 Å². The van der Waals surface area contributed by atoms with E-state index in [2.05, 4.69) is 24.3 Å². The molecule has 0 spiro atoms. The van der Waals surface area contributed by atoms with Crippen molar-refractivity contribution in [3.05, 3.63) is 35.9 Å². The Balaban J connectivity index is 1.70. The van der Waals surface area contributed by atoms with Gasteiger partial charge >= 0.3 is 0 Å². The van der Waals surface area contributed by atoms with Crippen LogP contribution in [0.5, 0.6) is 0 Å². The van der Waals surface area contributed by atoms with Crippen molar-refractivity contribution in [2.45, 2.75) is 38.7 Å². The van der Waals surface area contributed by atoms with E-state index in [4.69, 9.17) is 4.74 Å². The average Bonchev–Trinajstić information content (AvgIpc) is 3.06. The Morgan fingerprint density at radius 2 is 2.11 bits per heavy atom. The summed E-state index contributed by atoms with van der Waals surface area (Å²) in [5.74, 6) is 0.997. The zero-order chi connectivity index (χ0) is 12.6. The maximum absolute atomic E-state index is 12.4. The number of hydrogen-bond acceptors (Lipinski definition) is 2. The van der Waals surface area contributed by atoms with E-state index in [9.17, 15) is 4.79 Å². The van der Waals surface area contributed by atoms with Crippen LogP contribution >= 0.6 is 0 Å².